The molecule has 0 saturated carbocycles. The Morgan fingerprint density at radius 2 is 2.05 bits per heavy atom. The molecule has 0 aromatic carbocycles. The summed E-state index contributed by atoms with van der Waals surface area (Å²) >= 11 is 0. The van der Waals surface area contributed by atoms with Gasteiger partial charge in [-0.05, 0) is 44.7 Å². The highest BCUT2D eigenvalue weighted by molar-refractivity contribution is 5.95. The van der Waals surface area contributed by atoms with Crippen molar-refractivity contribution in [3.05, 3.63) is 35.2 Å². The quantitative estimate of drug-likeness (QED) is 0.783. The van der Waals surface area contributed by atoms with E-state index in [1.54, 1.807) is 0 Å². The highest BCUT2D eigenvalue weighted by Crippen LogP contribution is 2.23. The van der Waals surface area contributed by atoms with Crippen molar-refractivity contribution >= 4 is 5.91 Å². The minimum absolute atomic E-state index is 0.0245. The van der Waals surface area contributed by atoms with Gasteiger partial charge in [0.15, 0.2) is 0 Å². The molecule has 0 aliphatic heterocycles. The van der Waals surface area contributed by atoms with Gasteiger partial charge in [-0.25, -0.2) is 0 Å². The van der Waals surface area contributed by atoms with E-state index in [-0.39, 0.29) is 11.9 Å². The Morgan fingerprint density at radius 1 is 1.42 bits per heavy atom. The summed E-state index contributed by atoms with van der Waals surface area (Å²) < 4.78 is 2.07. The number of nitrogens with one attached hydrogen (secondary N) is 1. The van der Waals surface area contributed by atoms with Crippen LogP contribution >= 0.6 is 0 Å². The summed E-state index contributed by atoms with van der Waals surface area (Å²) in [6, 6.07) is 0.198. The first-order valence-corrected chi connectivity index (χ1v) is 7.08. The lowest BCUT2D eigenvalue weighted by Crippen LogP contribution is -2.34. The Kier molecular flexibility index (Phi) is 5.40. The van der Waals surface area contributed by atoms with E-state index in [2.05, 4.69) is 37.2 Å². The first kappa shape index (κ1) is 15.5. The summed E-state index contributed by atoms with van der Waals surface area (Å²) in [6.07, 6.45) is 3.73. The van der Waals surface area contributed by atoms with E-state index in [0.29, 0.717) is 6.54 Å². The van der Waals surface area contributed by atoms with E-state index >= 15 is 0 Å². The molecule has 0 bridgehead atoms. The van der Waals surface area contributed by atoms with E-state index in [1.165, 1.54) is 11.3 Å². The fraction of sp³-hybridized carbons (Fsp3) is 0.562. The number of amides is 1. The highest BCUT2D eigenvalue weighted by atomic mass is 16.2. The zero-order valence-electron chi connectivity index (χ0n) is 12.8. The van der Waals surface area contributed by atoms with Crippen molar-refractivity contribution in [1.82, 2.24) is 9.88 Å². The third-order valence-electron chi connectivity index (χ3n) is 3.79. The van der Waals surface area contributed by atoms with Crippen LogP contribution in [0.15, 0.2) is 12.7 Å². The van der Waals surface area contributed by atoms with Crippen LogP contribution in [0.2, 0.25) is 0 Å². The molecule has 1 atom stereocenters. The van der Waals surface area contributed by atoms with Crippen molar-refractivity contribution in [2.75, 3.05) is 0 Å². The predicted octanol–water partition coefficient (Wildman–Crippen LogP) is 3.38. The number of hydrogen-bond donors (Lipinski definition) is 1. The van der Waals surface area contributed by atoms with Gasteiger partial charge in [-0.3, -0.25) is 4.79 Å². The number of nitrogens with zero attached hydrogens (tertiary/aromatic N) is 1. The maximum absolute atomic E-state index is 12.4. The second-order valence-corrected chi connectivity index (χ2v) is 5.07. The van der Waals surface area contributed by atoms with Crippen LogP contribution < -0.4 is 5.32 Å². The number of aromatic nitrogens is 1. The van der Waals surface area contributed by atoms with Gasteiger partial charge in [0, 0.05) is 18.3 Å². The van der Waals surface area contributed by atoms with Gasteiger partial charge in [-0.1, -0.05) is 19.9 Å². The second kappa shape index (κ2) is 6.60. The van der Waals surface area contributed by atoms with E-state index in [9.17, 15) is 4.79 Å². The van der Waals surface area contributed by atoms with Gasteiger partial charge >= 0.3 is 0 Å². The predicted molar refractivity (Wildman–Crippen MR) is 80.7 cm³/mol. The van der Waals surface area contributed by atoms with Gasteiger partial charge < -0.3 is 9.88 Å². The van der Waals surface area contributed by atoms with Gasteiger partial charge in [0.25, 0.3) is 5.91 Å². The zero-order valence-corrected chi connectivity index (χ0v) is 12.8. The summed E-state index contributed by atoms with van der Waals surface area (Å²) in [4.78, 5) is 12.4. The Bertz CT molecular complexity index is 472. The van der Waals surface area contributed by atoms with Gasteiger partial charge in [0.2, 0.25) is 0 Å². The van der Waals surface area contributed by atoms with E-state index in [0.717, 1.165) is 24.1 Å². The summed E-state index contributed by atoms with van der Waals surface area (Å²) in [5.41, 5.74) is 4.34. The molecule has 0 aliphatic carbocycles. The molecule has 0 aliphatic rings. The lowest BCUT2D eigenvalue weighted by molar-refractivity contribution is 0.0929. The van der Waals surface area contributed by atoms with Crippen LogP contribution in [0.1, 0.15) is 54.5 Å². The maximum atomic E-state index is 12.4. The lowest BCUT2D eigenvalue weighted by atomic mass is 10.1. The Labute approximate surface area is 116 Å². The van der Waals surface area contributed by atoms with Gasteiger partial charge in [0.05, 0.1) is 0 Å². The highest BCUT2D eigenvalue weighted by Gasteiger charge is 2.21. The molecule has 1 N–H and O–H groups in total. The standard InChI is InChI=1S/C16H26N2O/c1-7-10-18-13(6)14(9-3)12(5)15(18)16(19)17-11(4)8-2/h7,11H,1,8-10H2,2-6H3,(H,17,19)/t11-/m1/s1. The van der Waals surface area contributed by atoms with E-state index in [4.69, 9.17) is 0 Å². The van der Waals surface area contributed by atoms with Gasteiger partial charge in [0.1, 0.15) is 5.69 Å². The molecule has 1 amide bonds. The minimum Gasteiger partial charge on any atom is -0.348 e. The summed E-state index contributed by atoms with van der Waals surface area (Å²) in [7, 11) is 0. The van der Waals surface area contributed by atoms with Crippen LogP contribution in [0.3, 0.4) is 0 Å². The molecule has 0 unspecified atom stereocenters. The van der Waals surface area contributed by atoms with Crippen LogP contribution in [-0.2, 0) is 13.0 Å². The van der Waals surface area contributed by atoms with Crippen LogP contribution in [0, 0.1) is 13.8 Å². The number of carbonyl (C=O) groups is 1. The van der Waals surface area contributed by atoms with Crippen molar-refractivity contribution < 1.29 is 4.79 Å². The average Bonchev–Trinajstić information content (AvgIpc) is 2.61. The normalized spacial score (nSPS) is 12.3. The van der Waals surface area contributed by atoms with Crippen molar-refractivity contribution in [3.63, 3.8) is 0 Å². The van der Waals surface area contributed by atoms with Gasteiger partial charge in [-0.15, -0.1) is 6.58 Å². The number of carbonyl (C=O) groups excluding carboxylic acids is 1. The minimum atomic E-state index is 0.0245. The average molecular weight is 262 g/mol. The second-order valence-electron chi connectivity index (χ2n) is 5.07. The zero-order chi connectivity index (χ0) is 14.6. The molecule has 3 nitrogen and oxygen atoms in total. The van der Waals surface area contributed by atoms with Crippen LogP contribution in [0.4, 0.5) is 0 Å². The molecule has 1 aromatic rings. The molecule has 3 heteroatoms. The Hall–Kier alpha value is -1.51. The lowest BCUT2D eigenvalue weighted by Gasteiger charge is -2.14. The molecule has 0 saturated heterocycles. The van der Waals surface area contributed by atoms with Crippen molar-refractivity contribution in [2.24, 2.45) is 0 Å². The first-order chi connectivity index (χ1) is 8.97. The largest absolute Gasteiger partial charge is 0.348 e. The smallest absolute Gasteiger partial charge is 0.268 e. The molecule has 1 aromatic heterocycles. The molecule has 0 spiro atoms. The Morgan fingerprint density at radius 3 is 2.53 bits per heavy atom. The van der Waals surface area contributed by atoms with Crippen LogP contribution in [0.25, 0.3) is 0 Å². The molecule has 0 fully saturated rings. The fourth-order valence-electron chi connectivity index (χ4n) is 2.51. The maximum Gasteiger partial charge on any atom is 0.268 e. The SMILES string of the molecule is C=CCn1c(C)c(CC)c(C)c1C(=O)N[C@H](C)CC. The van der Waals surface area contributed by atoms with Gasteiger partial charge in [-0.2, -0.15) is 0 Å². The van der Waals surface area contributed by atoms with E-state index in [1.807, 2.05) is 19.9 Å². The molecule has 106 valence electrons. The molecule has 0 radical (unpaired) electrons. The molecular formula is C16H26N2O. The Balaban J connectivity index is 3.24. The van der Waals surface area contributed by atoms with Crippen molar-refractivity contribution in [1.29, 1.82) is 0 Å². The first-order valence-electron chi connectivity index (χ1n) is 7.08. The molecule has 19 heavy (non-hydrogen) atoms. The third kappa shape index (κ3) is 3.09. The summed E-state index contributed by atoms with van der Waals surface area (Å²) in [5, 5.41) is 3.06. The van der Waals surface area contributed by atoms with Crippen molar-refractivity contribution in [2.45, 2.75) is 60.0 Å². The van der Waals surface area contributed by atoms with Crippen molar-refractivity contribution in [3.8, 4) is 0 Å². The third-order valence-corrected chi connectivity index (χ3v) is 3.79. The summed E-state index contributed by atoms with van der Waals surface area (Å²) in [5.74, 6) is 0.0245. The molecule has 1 heterocycles. The number of allylic oxidation sites excluding steroid dienone is 1. The van der Waals surface area contributed by atoms with Crippen LogP contribution in [-0.4, -0.2) is 16.5 Å². The monoisotopic (exact) mass is 262 g/mol. The topological polar surface area (TPSA) is 34.0 Å². The fourth-order valence-corrected chi connectivity index (χ4v) is 2.51. The van der Waals surface area contributed by atoms with E-state index < -0.39 is 0 Å². The summed E-state index contributed by atoms with van der Waals surface area (Å²) in [6.45, 7) is 14.8. The molecule has 1 rings (SSSR count). The molecular weight excluding hydrogens is 236 g/mol. The van der Waals surface area contributed by atoms with Crippen LogP contribution in [0.5, 0.6) is 0 Å². The number of hydrogen-bond acceptors (Lipinski definition) is 1. The number of rotatable bonds is 6.